The molecule has 1 fully saturated rings. The van der Waals surface area contributed by atoms with Gasteiger partial charge in [-0.15, -0.1) is 0 Å². The van der Waals surface area contributed by atoms with Crippen LogP contribution in [0.25, 0.3) is 0 Å². The van der Waals surface area contributed by atoms with Gasteiger partial charge in [0.05, 0.1) is 25.6 Å². The largest absolute Gasteiger partial charge is 0.393 e. The van der Waals surface area contributed by atoms with Crippen LogP contribution in [0.2, 0.25) is 0 Å². The number of piperidine rings is 1. The Labute approximate surface area is 136 Å². The van der Waals surface area contributed by atoms with Crippen molar-refractivity contribution in [1.82, 2.24) is 10.2 Å². The number of nitrogens with zero attached hydrogens (tertiary/aromatic N) is 2. The van der Waals surface area contributed by atoms with Gasteiger partial charge in [-0.3, -0.25) is 0 Å². The summed E-state index contributed by atoms with van der Waals surface area (Å²) >= 11 is 0. The van der Waals surface area contributed by atoms with E-state index in [1.807, 2.05) is 24.3 Å². The van der Waals surface area contributed by atoms with E-state index in [4.69, 9.17) is 10.00 Å². The molecule has 1 heterocycles. The maximum atomic E-state index is 12.3. The number of carbonyl (C=O) groups is 1. The van der Waals surface area contributed by atoms with Crippen molar-refractivity contribution in [3.05, 3.63) is 35.4 Å². The van der Waals surface area contributed by atoms with Crippen LogP contribution in [0.1, 0.15) is 24.0 Å². The molecule has 1 aliphatic rings. The summed E-state index contributed by atoms with van der Waals surface area (Å²) in [5.74, 6) is 0. The Morgan fingerprint density at radius 1 is 1.43 bits per heavy atom. The molecule has 2 N–H and O–H groups in total. The van der Waals surface area contributed by atoms with Gasteiger partial charge < -0.3 is 20.1 Å². The fourth-order valence-corrected chi connectivity index (χ4v) is 2.79. The Kier molecular flexibility index (Phi) is 5.97. The third-order valence-corrected chi connectivity index (χ3v) is 4.30. The average molecular weight is 317 g/mol. The quantitative estimate of drug-likeness (QED) is 0.860. The van der Waals surface area contributed by atoms with Crippen LogP contribution >= 0.6 is 0 Å². The van der Waals surface area contributed by atoms with Crippen LogP contribution in [-0.4, -0.2) is 48.4 Å². The van der Waals surface area contributed by atoms with E-state index >= 15 is 0 Å². The zero-order valence-electron chi connectivity index (χ0n) is 13.4. The summed E-state index contributed by atoms with van der Waals surface area (Å²) in [6, 6.07) is 9.57. The molecular formula is C17H23N3O3. The van der Waals surface area contributed by atoms with E-state index in [1.165, 1.54) is 0 Å². The number of benzene rings is 1. The lowest BCUT2D eigenvalue weighted by Crippen LogP contribution is -2.55. The lowest BCUT2D eigenvalue weighted by atomic mass is 9.93. The second-order valence-corrected chi connectivity index (χ2v) is 5.88. The SMILES string of the molecule is COC1(CO)CCCN(C(=O)NCc2ccc(CC#N)cc2)C1. The maximum Gasteiger partial charge on any atom is 0.317 e. The molecule has 0 aromatic heterocycles. The number of likely N-dealkylation sites (tertiary alicyclic amines) is 1. The Hall–Kier alpha value is -2.10. The molecule has 0 aliphatic carbocycles. The lowest BCUT2D eigenvalue weighted by molar-refractivity contribution is -0.0866. The molecule has 0 spiro atoms. The van der Waals surface area contributed by atoms with Crippen molar-refractivity contribution in [1.29, 1.82) is 5.26 Å². The summed E-state index contributed by atoms with van der Waals surface area (Å²) in [7, 11) is 1.57. The van der Waals surface area contributed by atoms with Crippen molar-refractivity contribution < 1.29 is 14.6 Å². The standard InChI is InChI=1S/C17H23N3O3/c1-23-17(13-21)8-2-10-20(12-17)16(22)19-11-15-5-3-14(4-6-15)7-9-18/h3-6,21H,2,7-8,10-13H2,1H3,(H,19,22). The Morgan fingerprint density at radius 3 is 2.74 bits per heavy atom. The molecule has 1 aromatic carbocycles. The molecule has 0 radical (unpaired) electrons. The van der Waals surface area contributed by atoms with Crippen LogP contribution in [-0.2, 0) is 17.7 Å². The minimum absolute atomic E-state index is 0.0896. The highest BCUT2D eigenvalue weighted by Gasteiger charge is 2.36. The molecule has 1 saturated heterocycles. The first-order valence-electron chi connectivity index (χ1n) is 7.76. The van der Waals surface area contributed by atoms with Crippen LogP contribution < -0.4 is 5.32 Å². The third-order valence-electron chi connectivity index (χ3n) is 4.30. The van der Waals surface area contributed by atoms with Crippen LogP contribution in [0.4, 0.5) is 4.79 Å². The number of ether oxygens (including phenoxy) is 1. The topological polar surface area (TPSA) is 85.6 Å². The van der Waals surface area contributed by atoms with E-state index in [-0.39, 0.29) is 12.6 Å². The van der Waals surface area contributed by atoms with Crippen LogP contribution in [0.15, 0.2) is 24.3 Å². The fraction of sp³-hybridized carbons (Fsp3) is 0.529. The first-order valence-corrected chi connectivity index (χ1v) is 7.76. The fourth-order valence-electron chi connectivity index (χ4n) is 2.79. The minimum atomic E-state index is -0.644. The van der Waals surface area contributed by atoms with E-state index in [1.54, 1.807) is 12.0 Å². The van der Waals surface area contributed by atoms with Gasteiger partial charge in [0.15, 0.2) is 0 Å². The molecule has 23 heavy (non-hydrogen) atoms. The van der Waals surface area contributed by atoms with E-state index < -0.39 is 5.60 Å². The van der Waals surface area contributed by atoms with Crippen molar-refractivity contribution in [3.63, 3.8) is 0 Å². The monoisotopic (exact) mass is 317 g/mol. The molecule has 1 unspecified atom stereocenters. The van der Waals surface area contributed by atoms with E-state index in [2.05, 4.69) is 11.4 Å². The molecule has 1 atom stereocenters. The summed E-state index contributed by atoms with van der Waals surface area (Å²) in [4.78, 5) is 14.0. The zero-order chi connectivity index (χ0) is 16.7. The van der Waals surface area contributed by atoms with Crippen LogP contribution in [0.3, 0.4) is 0 Å². The van der Waals surface area contributed by atoms with Gasteiger partial charge >= 0.3 is 6.03 Å². The molecule has 1 aliphatic heterocycles. The average Bonchev–Trinajstić information content (AvgIpc) is 2.61. The highest BCUT2D eigenvalue weighted by molar-refractivity contribution is 5.74. The second-order valence-electron chi connectivity index (χ2n) is 5.88. The predicted octanol–water partition coefficient (Wildman–Crippen LogP) is 1.44. The smallest absolute Gasteiger partial charge is 0.317 e. The molecule has 2 amide bonds. The van der Waals surface area contributed by atoms with Gasteiger partial charge in [-0.1, -0.05) is 24.3 Å². The highest BCUT2D eigenvalue weighted by atomic mass is 16.5. The Balaban J connectivity index is 1.88. The first kappa shape index (κ1) is 17.3. The van der Waals surface area contributed by atoms with E-state index in [0.717, 1.165) is 24.0 Å². The number of nitriles is 1. The number of methoxy groups -OCH3 is 1. The summed E-state index contributed by atoms with van der Waals surface area (Å²) in [5, 5.41) is 21.1. The summed E-state index contributed by atoms with van der Waals surface area (Å²) in [6.07, 6.45) is 1.95. The molecule has 6 nitrogen and oxygen atoms in total. The lowest BCUT2D eigenvalue weighted by Gasteiger charge is -2.40. The van der Waals surface area contributed by atoms with Gasteiger partial charge in [-0.2, -0.15) is 5.26 Å². The molecule has 0 bridgehead atoms. The zero-order valence-corrected chi connectivity index (χ0v) is 13.4. The van der Waals surface area contributed by atoms with Gasteiger partial charge in [0.25, 0.3) is 0 Å². The number of aliphatic hydroxyl groups is 1. The first-order chi connectivity index (χ1) is 11.1. The third kappa shape index (κ3) is 4.44. The van der Waals surface area contributed by atoms with E-state index in [9.17, 15) is 9.90 Å². The maximum absolute atomic E-state index is 12.3. The van der Waals surface area contributed by atoms with Crippen molar-refractivity contribution in [2.75, 3.05) is 26.8 Å². The number of hydrogen-bond acceptors (Lipinski definition) is 4. The predicted molar refractivity (Wildman–Crippen MR) is 85.6 cm³/mol. The second kappa shape index (κ2) is 7.95. The number of nitrogens with one attached hydrogen (secondary N) is 1. The summed E-state index contributed by atoms with van der Waals surface area (Å²) in [6.45, 7) is 1.40. The number of amides is 2. The summed E-state index contributed by atoms with van der Waals surface area (Å²) in [5.41, 5.74) is 1.30. The number of hydrogen-bond donors (Lipinski definition) is 2. The van der Waals surface area contributed by atoms with Gasteiger partial charge in [0.1, 0.15) is 5.60 Å². The summed E-state index contributed by atoms with van der Waals surface area (Å²) < 4.78 is 5.41. The molecule has 6 heteroatoms. The number of rotatable bonds is 5. The molecular weight excluding hydrogens is 294 g/mol. The molecule has 1 aromatic rings. The van der Waals surface area contributed by atoms with Crippen molar-refractivity contribution in [2.24, 2.45) is 0 Å². The van der Waals surface area contributed by atoms with Crippen molar-refractivity contribution >= 4 is 6.03 Å². The minimum Gasteiger partial charge on any atom is -0.393 e. The number of carbonyl (C=O) groups excluding carboxylic acids is 1. The van der Waals surface area contributed by atoms with Gasteiger partial charge in [-0.05, 0) is 24.0 Å². The molecule has 124 valence electrons. The Morgan fingerprint density at radius 2 is 2.13 bits per heavy atom. The molecule has 2 rings (SSSR count). The number of urea groups is 1. The molecule has 0 saturated carbocycles. The van der Waals surface area contributed by atoms with E-state index in [0.29, 0.717) is 26.1 Å². The Bertz CT molecular complexity index is 561. The van der Waals surface area contributed by atoms with Crippen LogP contribution in [0.5, 0.6) is 0 Å². The normalized spacial score (nSPS) is 20.8. The van der Waals surface area contributed by atoms with Crippen molar-refractivity contribution in [3.8, 4) is 6.07 Å². The number of aliphatic hydroxyl groups excluding tert-OH is 1. The van der Waals surface area contributed by atoms with Crippen molar-refractivity contribution in [2.45, 2.75) is 31.4 Å². The van der Waals surface area contributed by atoms with Gasteiger partial charge in [0.2, 0.25) is 0 Å². The van der Waals surface area contributed by atoms with Gasteiger partial charge in [-0.25, -0.2) is 4.79 Å². The van der Waals surface area contributed by atoms with Crippen LogP contribution in [0, 0.1) is 11.3 Å². The van der Waals surface area contributed by atoms with Gasteiger partial charge in [0, 0.05) is 20.2 Å². The highest BCUT2D eigenvalue weighted by Crippen LogP contribution is 2.24.